The molecule has 1 aromatic rings. The van der Waals surface area contributed by atoms with Gasteiger partial charge in [0.25, 0.3) is 0 Å². The molecular weight excluding hydrogens is 273 g/mol. The Labute approximate surface area is 124 Å². The number of rotatable bonds is 1. The Balaban J connectivity index is 1.97. The second-order valence-corrected chi connectivity index (χ2v) is 6.17. The number of nitrogen functional groups attached to an aromatic ring is 1. The molecule has 1 fully saturated rings. The van der Waals surface area contributed by atoms with E-state index in [0.717, 1.165) is 0 Å². The number of carbonyl (C=O) groups is 1. The molecule has 5 nitrogen and oxygen atoms in total. The summed E-state index contributed by atoms with van der Waals surface area (Å²) < 4.78 is 19.2. The number of ether oxygens (including phenoxy) is 1. The zero-order valence-electron chi connectivity index (χ0n) is 12.7. The van der Waals surface area contributed by atoms with Crippen LogP contribution < -0.4 is 10.6 Å². The Morgan fingerprint density at radius 3 is 2.43 bits per heavy atom. The van der Waals surface area contributed by atoms with Gasteiger partial charge >= 0.3 is 6.09 Å². The minimum Gasteiger partial charge on any atom is -0.444 e. The first-order chi connectivity index (χ1) is 9.76. The van der Waals surface area contributed by atoms with E-state index in [1.807, 2.05) is 25.7 Å². The summed E-state index contributed by atoms with van der Waals surface area (Å²) in [4.78, 5) is 15.5. The average Bonchev–Trinajstić information content (AvgIpc) is 2.40. The van der Waals surface area contributed by atoms with Crippen molar-refractivity contribution in [3.05, 3.63) is 24.0 Å². The zero-order chi connectivity index (χ0) is 15.6. The first-order valence-corrected chi connectivity index (χ1v) is 7.04. The fraction of sp³-hybridized carbons (Fsp3) is 0.533. The van der Waals surface area contributed by atoms with Crippen molar-refractivity contribution in [3.8, 4) is 0 Å². The maximum atomic E-state index is 13.8. The summed E-state index contributed by atoms with van der Waals surface area (Å²) in [7, 11) is 0. The maximum Gasteiger partial charge on any atom is 0.410 e. The number of halogens is 1. The molecular formula is C15H22FN3O2. The van der Waals surface area contributed by atoms with Crippen molar-refractivity contribution in [1.29, 1.82) is 0 Å². The summed E-state index contributed by atoms with van der Waals surface area (Å²) >= 11 is 0. The molecule has 21 heavy (non-hydrogen) atoms. The summed E-state index contributed by atoms with van der Waals surface area (Å²) in [5.74, 6) is -0.296. The monoisotopic (exact) mass is 295 g/mol. The molecule has 1 aliphatic rings. The van der Waals surface area contributed by atoms with Crippen molar-refractivity contribution in [2.45, 2.75) is 26.4 Å². The second-order valence-electron chi connectivity index (χ2n) is 6.17. The third-order valence-corrected chi connectivity index (χ3v) is 3.24. The predicted octanol–water partition coefficient (Wildman–Crippen LogP) is 2.47. The number of nitrogens with two attached hydrogens (primary N) is 1. The molecule has 116 valence electrons. The first-order valence-electron chi connectivity index (χ1n) is 7.04. The molecule has 0 bridgehead atoms. The molecule has 0 atom stereocenters. The molecule has 1 heterocycles. The Morgan fingerprint density at radius 2 is 1.86 bits per heavy atom. The van der Waals surface area contributed by atoms with Gasteiger partial charge in [0.05, 0.1) is 5.69 Å². The maximum absolute atomic E-state index is 13.8. The van der Waals surface area contributed by atoms with Crippen LogP contribution in [0.1, 0.15) is 20.8 Å². The molecule has 1 amide bonds. The van der Waals surface area contributed by atoms with E-state index in [1.54, 1.807) is 11.0 Å². The van der Waals surface area contributed by atoms with Crippen molar-refractivity contribution in [1.82, 2.24) is 4.90 Å². The van der Waals surface area contributed by atoms with E-state index in [1.165, 1.54) is 12.1 Å². The Kier molecular flexibility index (Phi) is 4.25. The van der Waals surface area contributed by atoms with Gasteiger partial charge in [-0.25, -0.2) is 9.18 Å². The number of hydrogen-bond donors (Lipinski definition) is 1. The molecule has 2 rings (SSSR count). The largest absolute Gasteiger partial charge is 0.444 e. The fourth-order valence-electron chi connectivity index (χ4n) is 2.23. The van der Waals surface area contributed by atoms with Crippen LogP contribution in [0.4, 0.5) is 20.6 Å². The number of nitrogens with zero attached hydrogens (tertiary/aromatic N) is 2. The minimum atomic E-state index is -0.506. The lowest BCUT2D eigenvalue weighted by Crippen LogP contribution is -2.50. The van der Waals surface area contributed by atoms with Gasteiger partial charge in [-0.05, 0) is 39.0 Å². The lowest BCUT2D eigenvalue weighted by atomic mass is 10.2. The van der Waals surface area contributed by atoms with Crippen LogP contribution in [0.2, 0.25) is 0 Å². The molecule has 6 heteroatoms. The first kappa shape index (κ1) is 15.4. The summed E-state index contributed by atoms with van der Waals surface area (Å²) in [5.41, 5.74) is 6.21. The normalized spacial score (nSPS) is 16.0. The van der Waals surface area contributed by atoms with Crippen LogP contribution in [0.5, 0.6) is 0 Å². The number of hydrogen-bond acceptors (Lipinski definition) is 4. The number of benzene rings is 1. The molecule has 0 unspecified atom stereocenters. The van der Waals surface area contributed by atoms with Crippen LogP contribution in [-0.4, -0.2) is 42.8 Å². The molecule has 2 N–H and O–H groups in total. The number of amides is 1. The molecule has 1 aromatic carbocycles. The summed E-state index contributed by atoms with van der Waals surface area (Å²) in [5, 5.41) is 0. The standard InChI is InChI=1S/C15H22FN3O2/c1-15(2,3)21-14(20)19-8-6-18(7-9-19)13-10-11(17)4-5-12(13)16/h4-5,10H,6-9,17H2,1-3H3. The Bertz CT molecular complexity index is 520. The zero-order valence-corrected chi connectivity index (χ0v) is 12.7. The highest BCUT2D eigenvalue weighted by molar-refractivity contribution is 5.69. The van der Waals surface area contributed by atoms with E-state index in [4.69, 9.17) is 10.5 Å². The SMILES string of the molecule is CC(C)(C)OC(=O)N1CCN(c2cc(N)ccc2F)CC1. The summed E-state index contributed by atoms with van der Waals surface area (Å²) in [6.45, 7) is 7.63. The van der Waals surface area contributed by atoms with Crippen molar-refractivity contribution >= 4 is 17.5 Å². The van der Waals surface area contributed by atoms with Crippen LogP contribution in [0.3, 0.4) is 0 Å². The highest BCUT2D eigenvalue weighted by atomic mass is 19.1. The quantitative estimate of drug-likeness (QED) is 0.809. The fourth-order valence-corrected chi connectivity index (χ4v) is 2.23. The van der Waals surface area contributed by atoms with Crippen molar-refractivity contribution in [2.75, 3.05) is 36.8 Å². The van der Waals surface area contributed by atoms with Crippen LogP contribution in [0, 0.1) is 5.82 Å². The number of piperazine rings is 1. The lowest BCUT2D eigenvalue weighted by Gasteiger charge is -2.36. The molecule has 1 aliphatic heterocycles. The van der Waals surface area contributed by atoms with E-state index in [-0.39, 0.29) is 11.9 Å². The van der Waals surface area contributed by atoms with E-state index in [0.29, 0.717) is 37.6 Å². The van der Waals surface area contributed by atoms with Gasteiger partial charge in [0.1, 0.15) is 11.4 Å². The summed E-state index contributed by atoms with van der Waals surface area (Å²) in [6.07, 6.45) is -0.324. The lowest BCUT2D eigenvalue weighted by molar-refractivity contribution is 0.0240. The third kappa shape index (κ3) is 4.00. The highest BCUT2D eigenvalue weighted by Crippen LogP contribution is 2.23. The molecule has 0 spiro atoms. The number of carbonyl (C=O) groups excluding carboxylic acids is 1. The summed E-state index contributed by atoms with van der Waals surface area (Å²) in [6, 6.07) is 4.53. The predicted molar refractivity (Wildman–Crippen MR) is 80.8 cm³/mol. The molecule has 0 radical (unpaired) electrons. The van der Waals surface area contributed by atoms with Crippen LogP contribution >= 0.6 is 0 Å². The smallest absolute Gasteiger partial charge is 0.410 e. The Morgan fingerprint density at radius 1 is 1.24 bits per heavy atom. The van der Waals surface area contributed by atoms with E-state index >= 15 is 0 Å². The van der Waals surface area contributed by atoms with E-state index < -0.39 is 5.60 Å². The number of anilines is 2. The highest BCUT2D eigenvalue weighted by Gasteiger charge is 2.26. The van der Waals surface area contributed by atoms with Crippen LogP contribution in [0.15, 0.2) is 18.2 Å². The average molecular weight is 295 g/mol. The molecule has 1 saturated heterocycles. The van der Waals surface area contributed by atoms with Gasteiger partial charge in [0.15, 0.2) is 0 Å². The van der Waals surface area contributed by atoms with Gasteiger partial charge in [0, 0.05) is 31.9 Å². The Hall–Kier alpha value is -1.98. The minimum absolute atomic E-state index is 0.296. The van der Waals surface area contributed by atoms with Crippen LogP contribution in [-0.2, 0) is 4.74 Å². The van der Waals surface area contributed by atoms with Crippen molar-refractivity contribution in [3.63, 3.8) is 0 Å². The van der Waals surface area contributed by atoms with Gasteiger partial charge in [-0.1, -0.05) is 0 Å². The second kappa shape index (κ2) is 5.79. The molecule has 0 saturated carbocycles. The van der Waals surface area contributed by atoms with Gasteiger partial charge in [-0.15, -0.1) is 0 Å². The van der Waals surface area contributed by atoms with Crippen molar-refractivity contribution in [2.24, 2.45) is 0 Å². The van der Waals surface area contributed by atoms with E-state index in [9.17, 15) is 9.18 Å². The van der Waals surface area contributed by atoms with Gasteiger partial charge < -0.3 is 20.3 Å². The third-order valence-electron chi connectivity index (χ3n) is 3.24. The van der Waals surface area contributed by atoms with Crippen LogP contribution in [0.25, 0.3) is 0 Å². The van der Waals surface area contributed by atoms with Gasteiger partial charge in [-0.3, -0.25) is 0 Å². The van der Waals surface area contributed by atoms with Crippen molar-refractivity contribution < 1.29 is 13.9 Å². The van der Waals surface area contributed by atoms with Gasteiger partial charge in [-0.2, -0.15) is 0 Å². The molecule has 0 aliphatic carbocycles. The van der Waals surface area contributed by atoms with Gasteiger partial charge in [0.2, 0.25) is 0 Å². The van der Waals surface area contributed by atoms with E-state index in [2.05, 4.69) is 0 Å². The molecule has 0 aromatic heterocycles. The topological polar surface area (TPSA) is 58.8 Å².